The molecule has 152 valence electrons. The summed E-state index contributed by atoms with van der Waals surface area (Å²) in [5.74, 6) is 1.38. The van der Waals surface area contributed by atoms with Crippen LogP contribution in [0.15, 0.2) is 42.5 Å². The smallest absolute Gasteiger partial charge is 0.275 e. The number of rotatable bonds is 10. The summed E-state index contributed by atoms with van der Waals surface area (Å²) in [5, 5.41) is 3.00. The van der Waals surface area contributed by atoms with E-state index in [1.54, 1.807) is 14.2 Å². The Balaban J connectivity index is 1.88. The third kappa shape index (κ3) is 6.16. The monoisotopic (exact) mass is 386 g/mol. The van der Waals surface area contributed by atoms with E-state index >= 15 is 0 Å². The molecule has 2 N–H and O–H groups in total. The highest BCUT2D eigenvalue weighted by Crippen LogP contribution is 2.27. The van der Waals surface area contributed by atoms with Gasteiger partial charge in [-0.2, -0.15) is 0 Å². The second-order valence-electron chi connectivity index (χ2n) is 6.98. The number of hydrogen-bond acceptors (Lipinski definition) is 4. The lowest BCUT2D eigenvalue weighted by atomic mass is 10.2. The normalized spacial score (nSPS) is 11.6. The first kappa shape index (κ1) is 21.6. The molecule has 0 aromatic heterocycles. The Morgan fingerprint density at radius 3 is 2.21 bits per heavy atom. The van der Waals surface area contributed by atoms with Crippen molar-refractivity contribution in [1.82, 2.24) is 5.32 Å². The van der Waals surface area contributed by atoms with Crippen LogP contribution < -0.4 is 24.6 Å². The first-order valence-electron chi connectivity index (χ1n) is 9.54. The maximum absolute atomic E-state index is 12.4. The summed E-state index contributed by atoms with van der Waals surface area (Å²) >= 11 is 0. The van der Waals surface area contributed by atoms with Crippen LogP contribution >= 0.6 is 0 Å². The van der Waals surface area contributed by atoms with E-state index in [1.165, 1.54) is 16.2 Å². The molecule has 2 aromatic carbocycles. The average molecular weight is 387 g/mol. The molecule has 6 heteroatoms. The minimum atomic E-state index is 0.0385. The van der Waals surface area contributed by atoms with Crippen molar-refractivity contribution in [3.63, 3.8) is 0 Å². The van der Waals surface area contributed by atoms with E-state index in [2.05, 4.69) is 41.4 Å². The summed E-state index contributed by atoms with van der Waals surface area (Å²) in [7, 11) is 7.27. The molecule has 6 nitrogen and oxygen atoms in total. The Labute approximate surface area is 168 Å². The van der Waals surface area contributed by atoms with E-state index in [9.17, 15) is 4.79 Å². The number of carbonyl (C=O) groups is 1. The van der Waals surface area contributed by atoms with Gasteiger partial charge in [-0.15, -0.1) is 0 Å². The van der Waals surface area contributed by atoms with Gasteiger partial charge in [0.25, 0.3) is 5.91 Å². The molecular formula is C22H32N3O3+. The highest BCUT2D eigenvalue weighted by atomic mass is 16.5. The fraction of sp³-hybridized carbons (Fsp3) is 0.409. The number of ether oxygens (including phenoxy) is 2. The molecule has 0 aliphatic rings. The van der Waals surface area contributed by atoms with Gasteiger partial charge in [0.2, 0.25) is 0 Å². The molecule has 0 saturated carbocycles. The number of methoxy groups -OCH3 is 2. The van der Waals surface area contributed by atoms with Crippen LogP contribution in [-0.4, -0.2) is 47.3 Å². The number of hydrogen-bond donors (Lipinski definition) is 2. The van der Waals surface area contributed by atoms with Crippen LogP contribution in [0.2, 0.25) is 0 Å². The zero-order valence-electron chi connectivity index (χ0n) is 17.5. The molecule has 28 heavy (non-hydrogen) atoms. The van der Waals surface area contributed by atoms with E-state index in [0.29, 0.717) is 24.6 Å². The molecule has 0 saturated heterocycles. The van der Waals surface area contributed by atoms with Gasteiger partial charge in [-0.1, -0.05) is 18.2 Å². The topological polar surface area (TPSA) is 55.2 Å². The first-order valence-corrected chi connectivity index (χ1v) is 9.54. The van der Waals surface area contributed by atoms with Crippen LogP contribution in [0.4, 0.5) is 5.69 Å². The molecule has 1 unspecified atom stereocenters. The molecule has 0 aliphatic carbocycles. The van der Waals surface area contributed by atoms with Gasteiger partial charge in [0.15, 0.2) is 18.0 Å². The molecular weight excluding hydrogens is 354 g/mol. The highest BCUT2D eigenvalue weighted by molar-refractivity contribution is 5.76. The van der Waals surface area contributed by atoms with Crippen molar-refractivity contribution < 1.29 is 19.2 Å². The number of nitrogens with zero attached hydrogens (tertiary/aromatic N) is 1. The molecule has 0 spiro atoms. The summed E-state index contributed by atoms with van der Waals surface area (Å²) in [6, 6.07) is 14.1. The van der Waals surface area contributed by atoms with Gasteiger partial charge < -0.3 is 24.6 Å². The van der Waals surface area contributed by atoms with Crippen molar-refractivity contribution in [2.75, 3.05) is 46.3 Å². The van der Waals surface area contributed by atoms with Crippen molar-refractivity contribution in [3.8, 4) is 11.5 Å². The summed E-state index contributed by atoms with van der Waals surface area (Å²) in [4.78, 5) is 15.7. The molecule has 0 aliphatic heterocycles. The molecule has 0 bridgehead atoms. The Morgan fingerprint density at radius 2 is 1.64 bits per heavy atom. The van der Waals surface area contributed by atoms with Crippen LogP contribution in [0.3, 0.4) is 0 Å². The Kier molecular flexibility index (Phi) is 8.14. The Bertz CT molecular complexity index is 760. The standard InChI is InChI=1S/C22H31N3O3/c1-6-25(15-17-7-10-19(11-8-17)24(2)3)16-22(26)23-14-18-9-12-20(27-4)21(13-18)28-5/h7-13H,6,14-16H2,1-5H3,(H,23,26)/p+1. The van der Waals surface area contributed by atoms with Crippen LogP contribution in [0.1, 0.15) is 18.1 Å². The third-order valence-corrected chi connectivity index (χ3v) is 4.76. The number of anilines is 1. The van der Waals surface area contributed by atoms with E-state index in [1.807, 2.05) is 32.3 Å². The summed E-state index contributed by atoms with van der Waals surface area (Å²) < 4.78 is 10.6. The maximum Gasteiger partial charge on any atom is 0.275 e. The number of benzene rings is 2. The molecule has 1 atom stereocenters. The van der Waals surface area contributed by atoms with Crippen molar-refractivity contribution >= 4 is 11.6 Å². The zero-order valence-corrected chi connectivity index (χ0v) is 17.5. The van der Waals surface area contributed by atoms with Crippen LogP contribution in [0, 0.1) is 0 Å². The molecule has 0 heterocycles. The highest BCUT2D eigenvalue weighted by Gasteiger charge is 2.14. The fourth-order valence-corrected chi connectivity index (χ4v) is 2.99. The summed E-state index contributed by atoms with van der Waals surface area (Å²) in [5.41, 5.74) is 3.38. The predicted octanol–water partition coefficient (Wildman–Crippen LogP) is 1.49. The molecule has 2 rings (SSSR count). The fourth-order valence-electron chi connectivity index (χ4n) is 2.99. The minimum Gasteiger partial charge on any atom is -0.493 e. The lowest BCUT2D eigenvalue weighted by Gasteiger charge is -2.18. The van der Waals surface area contributed by atoms with Gasteiger partial charge in [0, 0.05) is 31.9 Å². The van der Waals surface area contributed by atoms with Crippen LogP contribution in [0.5, 0.6) is 11.5 Å². The Hall–Kier alpha value is -2.73. The van der Waals surface area contributed by atoms with Gasteiger partial charge in [0.05, 0.1) is 20.8 Å². The first-order chi connectivity index (χ1) is 13.5. The van der Waals surface area contributed by atoms with Gasteiger partial charge >= 0.3 is 0 Å². The lowest BCUT2D eigenvalue weighted by molar-refractivity contribution is -0.904. The van der Waals surface area contributed by atoms with E-state index in [4.69, 9.17) is 9.47 Å². The van der Waals surface area contributed by atoms with Crippen molar-refractivity contribution in [3.05, 3.63) is 53.6 Å². The number of quaternary nitrogens is 1. The summed E-state index contributed by atoms with van der Waals surface area (Å²) in [6.45, 7) is 4.73. The minimum absolute atomic E-state index is 0.0385. The number of likely N-dealkylation sites (N-methyl/N-ethyl adjacent to an activating group) is 1. The Morgan fingerprint density at radius 1 is 1.00 bits per heavy atom. The lowest BCUT2D eigenvalue weighted by Crippen LogP contribution is -3.11. The van der Waals surface area contributed by atoms with Crippen molar-refractivity contribution in [1.29, 1.82) is 0 Å². The maximum atomic E-state index is 12.4. The van der Waals surface area contributed by atoms with Gasteiger partial charge in [0.1, 0.15) is 6.54 Å². The molecule has 0 radical (unpaired) electrons. The average Bonchev–Trinajstić information content (AvgIpc) is 2.71. The number of carbonyl (C=O) groups excluding carboxylic acids is 1. The van der Waals surface area contributed by atoms with Crippen molar-refractivity contribution in [2.24, 2.45) is 0 Å². The number of nitrogens with one attached hydrogen (secondary N) is 2. The third-order valence-electron chi connectivity index (χ3n) is 4.76. The van der Waals surface area contributed by atoms with Gasteiger partial charge in [-0.3, -0.25) is 4.79 Å². The van der Waals surface area contributed by atoms with E-state index in [0.717, 1.165) is 18.7 Å². The molecule has 0 fully saturated rings. The SMILES string of the molecule is CC[NH+](CC(=O)NCc1ccc(OC)c(OC)c1)Cc1ccc(N(C)C)cc1. The molecule has 2 aromatic rings. The summed E-state index contributed by atoms with van der Waals surface area (Å²) in [6.07, 6.45) is 0. The number of amides is 1. The van der Waals surface area contributed by atoms with Crippen LogP contribution in [0.25, 0.3) is 0 Å². The largest absolute Gasteiger partial charge is 0.493 e. The van der Waals surface area contributed by atoms with Gasteiger partial charge in [-0.05, 0) is 36.8 Å². The molecule has 1 amide bonds. The second kappa shape index (κ2) is 10.6. The second-order valence-corrected chi connectivity index (χ2v) is 6.98. The van der Waals surface area contributed by atoms with Gasteiger partial charge in [-0.25, -0.2) is 0 Å². The van der Waals surface area contributed by atoms with Crippen molar-refractivity contribution in [2.45, 2.75) is 20.0 Å². The van der Waals surface area contributed by atoms with Crippen LogP contribution in [-0.2, 0) is 17.9 Å². The predicted molar refractivity (Wildman–Crippen MR) is 112 cm³/mol. The quantitative estimate of drug-likeness (QED) is 0.650. The zero-order chi connectivity index (χ0) is 20.5. The van der Waals surface area contributed by atoms with E-state index in [-0.39, 0.29) is 5.91 Å². The van der Waals surface area contributed by atoms with E-state index < -0.39 is 0 Å².